The van der Waals surface area contributed by atoms with Gasteiger partial charge in [-0.2, -0.15) is 4.31 Å². The first-order valence-electron chi connectivity index (χ1n) is 5.91. The average Bonchev–Trinajstić information content (AvgIpc) is 2.96. The number of rotatable bonds is 5. The van der Waals surface area contributed by atoms with Crippen molar-refractivity contribution in [3.8, 4) is 0 Å². The van der Waals surface area contributed by atoms with Crippen LogP contribution in [0.4, 0.5) is 0 Å². The van der Waals surface area contributed by atoms with Gasteiger partial charge in [0, 0.05) is 24.5 Å². The molecule has 0 unspecified atom stereocenters. The lowest BCUT2D eigenvalue weighted by Crippen LogP contribution is -2.26. The van der Waals surface area contributed by atoms with E-state index in [-0.39, 0.29) is 29.6 Å². The number of aryl methyl sites for hydroxylation is 2. The van der Waals surface area contributed by atoms with Crippen molar-refractivity contribution < 1.29 is 17.9 Å². The molecule has 110 valence electrons. The molecule has 1 N–H and O–H groups in total. The van der Waals surface area contributed by atoms with E-state index in [1.807, 2.05) is 6.92 Å². The van der Waals surface area contributed by atoms with Crippen molar-refractivity contribution in [3.05, 3.63) is 33.7 Å². The Morgan fingerprint density at radius 1 is 1.45 bits per heavy atom. The van der Waals surface area contributed by atoms with Crippen LogP contribution in [0.25, 0.3) is 0 Å². The fourth-order valence-corrected chi connectivity index (χ4v) is 4.02. The summed E-state index contributed by atoms with van der Waals surface area (Å²) in [5.74, 6) is 0.519. The van der Waals surface area contributed by atoms with E-state index < -0.39 is 10.0 Å². The van der Waals surface area contributed by atoms with E-state index in [4.69, 9.17) is 9.52 Å². The summed E-state index contributed by atoms with van der Waals surface area (Å²) in [4.78, 5) is 5.10. The van der Waals surface area contributed by atoms with E-state index in [9.17, 15) is 8.42 Å². The highest BCUT2D eigenvalue weighted by atomic mass is 32.2. The molecular weight excluding hydrogens is 300 g/mol. The first-order chi connectivity index (χ1) is 9.36. The van der Waals surface area contributed by atoms with Crippen molar-refractivity contribution in [1.82, 2.24) is 9.29 Å². The molecule has 0 fully saturated rings. The lowest BCUT2D eigenvalue weighted by atomic mass is 10.4. The fourth-order valence-electron chi connectivity index (χ4n) is 1.79. The second-order valence-electron chi connectivity index (χ2n) is 4.41. The van der Waals surface area contributed by atoms with Crippen LogP contribution in [0.15, 0.2) is 20.9 Å². The smallest absolute Gasteiger partial charge is 0.246 e. The zero-order valence-corrected chi connectivity index (χ0v) is 13.1. The summed E-state index contributed by atoms with van der Waals surface area (Å²) in [5.41, 5.74) is 2.52. The van der Waals surface area contributed by atoms with Gasteiger partial charge in [-0.3, -0.25) is 0 Å². The summed E-state index contributed by atoms with van der Waals surface area (Å²) >= 11 is 1.42. The number of aliphatic hydroxyl groups is 1. The van der Waals surface area contributed by atoms with Crippen LogP contribution in [0.2, 0.25) is 0 Å². The molecule has 0 aliphatic rings. The van der Waals surface area contributed by atoms with Gasteiger partial charge in [0.05, 0.1) is 11.2 Å². The summed E-state index contributed by atoms with van der Waals surface area (Å²) in [6, 6.07) is 1.36. The Balaban J connectivity index is 2.29. The van der Waals surface area contributed by atoms with Crippen LogP contribution in [0.5, 0.6) is 0 Å². The lowest BCUT2D eigenvalue weighted by molar-refractivity contribution is 0.244. The highest BCUT2D eigenvalue weighted by Crippen LogP contribution is 2.25. The van der Waals surface area contributed by atoms with E-state index in [1.165, 1.54) is 28.8 Å². The third-order valence-electron chi connectivity index (χ3n) is 2.98. The Morgan fingerprint density at radius 2 is 2.15 bits per heavy atom. The molecule has 8 heteroatoms. The van der Waals surface area contributed by atoms with Crippen LogP contribution in [-0.4, -0.2) is 29.9 Å². The standard InChI is InChI=1S/C12H16N2O4S2/c1-8-11(19-7-13-8)5-14(3)20(16,17)12-4-10(6-15)18-9(12)2/h4,7,15H,5-6H2,1-3H3. The van der Waals surface area contributed by atoms with E-state index in [1.54, 1.807) is 12.4 Å². The van der Waals surface area contributed by atoms with Gasteiger partial charge in [-0.1, -0.05) is 0 Å². The number of aromatic nitrogens is 1. The highest BCUT2D eigenvalue weighted by Gasteiger charge is 2.26. The quantitative estimate of drug-likeness (QED) is 0.907. The highest BCUT2D eigenvalue weighted by molar-refractivity contribution is 7.89. The Hall–Kier alpha value is -1.22. The number of furan rings is 1. The first kappa shape index (κ1) is 15.2. The number of nitrogens with zero attached hydrogens (tertiary/aromatic N) is 2. The normalized spacial score (nSPS) is 12.2. The molecule has 0 amide bonds. The number of thiazole rings is 1. The number of sulfonamides is 1. The minimum absolute atomic E-state index is 0.0891. The van der Waals surface area contributed by atoms with Crippen molar-refractivity contribution in [2.24, 2.45) is 0 Å². The van der Waals surface area contributed by atoms with Crippen LogP contribution in [0.1, 0.15) is 22.1 Å². The van der Waals surface area contributed by atoms with Gasteiger partial charge >= 0.3 is 0 Å². The monoisotopic (exact) mass is 316 g/mol. The molecule has 0 saturated carbocycles. The van der Waals surface area contributed by atoms with Crippen LogP contribution in [0.3, 0.4) is 0 Å². The predicted octanol–water partition coefficient (Wildman–Crippen LogP) is 1.67. The van der Waals surface area contributed by atoms with Crippen LogP contribution in [-0.2, 0) is 23.2 Å². The molecule has 0 aromatic carbocycles. The second kappa shape index (κ2) is 5.65. The molecule has 0 radical (unpaired) electrons. The SMILES string of the molecule is Cc1ncsc1CN(C)S(=O)(=O)c1cc(CO)oc1C. The zero-order chi connectivity index (χ0) is 14.9. The van der Waals surface area contributed by atoms with Gasteiger partial charge in [-0.15, -0.1) is 11.3 Å². The number of hydrogen-bond donors (Lipinski definition) is 1. The average molecular weight is 316 g/mol. The summed E-state index contributed by atoms with van der Waals surface area (Å²) in [7, 11) is -2.13. The summed E-state index contributed by atoms with van der Waals surface area (Å²) in [5, 5.41) is 9.01. The van der Waals surface area contributed by atoms with Crippen molar-refractivity contribution in [2.45, 2.75) is 31.9 Å². The summed E-state index contributed by atoms with van der Waals surface area (Å²) in [6.45, 7) is 3.35. The maximum absolute atomic E-state index is 12.5. The third-order valence-corrected chi connectivity index (χ3v) is 5.81. The van der Waals surface area contributed by atoms with Crippen molar-refractivity contribution in [2.75, 3.05) is 7.05 Å². The molecule has 0 atom stereocenters. The van der Waals surface area contributed by atoms with Gasteiger partial charge in [0.2, 0.25) is 10.0 Å². The Kier molecular flexibility index (Phi) is 4.28. The molecule has 6 nitrogen and oxygen atoms in total. The van der Waals surface area contributed by atoms with Crippen molar-refractivity contribution >= 4 is 21.4 Å². The molecule has 0 aliphatic carbocycles. The van der Waals surface area contributed by atoms with Crippen LogP contribution >= 0.6 is 11.3 Å². The van der Waals surface area contributed by atoms with Crippen molar-refractivity contribution in [1.29, 1.82) is 0 Å². The van der Waals surface area contributed by atoms with Crippen LogP contribution in [0, 0.1) is 13.8 Å². The maximum atomic E-state index is 12.5. The van der Waals surface area contributed by atoms with E-state index in [2.05, 4.69) is 4.98 Å². The molecular formula is C12H16N2O4S2. The molecule has 2 rings (SSSR count). The van der Waals surface area contributed by atoms with Crippen LogP contribution < -0.4 is 0 Å². The molecule has 2 aromatic rings. The summed E-state index contributed by atoms with van der Waals surface area (Å²) in [6.07, 6.45) is 0. The maximum Gasteiger partial charge on any atom is 0.246 e. The van der Waals surface area contributed by atoms with Gasteiger partial charge in [0.1, 0.15) is 23.0 Å². The van der Waals surface area contributed by atoms with E-state index in [0.29, 0.717) is 0 Å². The van der Waals surface area contributed by atoms with Gasteiger partial charge < -0.3 is 9.52 Å². The first-order valence-corrected chi connectivity index (χ1v) is 8.23. The molecule has 0 saturated heterocycles. The number of hydrogen-bond acceptors (Lipinski definition) is 6. The minimum atomic E-state index is -3.64. The van der Waals surface area contributed by atoms with E-state index >= 15 is 0 Å². The minimum Gasteiger partial charge on any atom is -0.462 e. The Labute approximate surface area is 121 Å². The second-order valence-corrected chi connectivity index (χ2v) is 7.37. The largest absolute Gasteiger partial charge is 0.462 e. The molecule has 0 aliphatic heterocycles. The predicted molar refractivity (Wildman–Crippen MR) is 74.9 cm³/mol. The van der Waals surface area contributed by atoms with Crippen molar-refractivity contribution in [3.63, 3.8) is 0 Å². The third kappa shape index (κ3) is 2.78. The molecule has 2 heterocycles. The van der Waals surface area contributed by atoms with Gasteiger partial charge in [-0.05, 0) is 13.8 Å². The topological polar surface area (TPSA) is 83.6 Å². The van der Waals surface area contributed by atoms with Gasteiger partial charge in [0.15, 0.2) is 0 Å². The lowest BCUT2D eigenvalue weighted by Gasteiger charge is -2.15. The fraction of sp³-hybridized carbons (Fsp3) is 0.417. The molecule has 0 spiro atoms. The Bertz CT molecular complexity index is 703. The molecule has 20 heavy (non-hydrogen) atoms. The number of aliphatic hydroxyl groups excluding tert-OH is 1. The Morgan fingerprint density at radius 3 is 2.65 bits per heavy atom. The zero-order valence-electron chi connectivity index (χ0n) is 11.5. The van der Waals surface area contributed by atoms with E-state index in [0.717, 1.165) is 10.6 Å². The summed E-state index contributed by atoms with van der Waals surface area (Å²) < 4.78 is 31.4. The molecule has 0 bridgehead atoms. The van der Waals surface area contributed by atoms with Gasteiger partial charge in [0.25, 0.3) is 0 Å². The van der Waals surface area contributed by atoms with Gasteiger partial charge in [-0.25, -0.2) is 13.4 Å². The molecule has 2 aromatic heterocycles.